The van der Waals surface area contributed by atoms with Crippen LogP contribution in [0, 0.1) is 0 Å². The van der Waals surface area contributed by atoms with Crippen molar-refractivity contribution < 1.29 is 9.53 Å². The second-order valence-corrected chi connectivity index (χ2v) is 6.61. The van der Waals surface area contributed by atoms with E-state index in [1.54, 1.807) is 10.9 Å². The summed E-state index contributed by atoms with van der Waals surface area (Å²) in [5, 5.41) is 8.75. The summed E-state index contributed by atoms with van der Waals surface area (Å²) in [6, 6.07) is 10.6. The molecule has 0 amide bonds. The van der Waals surface area contributed by atoms with Crippen LogP contribution >= 0.6 is 0 Å². The summed E-state index contributed by atoms with van der Waals surface area (Å²) in [6.07, 6.45) is 5.44. The summed E-state index contributed by atoms with van der Waals surface area (Å²) in [5.74, 6) is 0.501. The van der Waals surface area contributed by atoms with Crippen LogP contribution in [0.5, 0.6) is 0 Å². The van der Waals surface area contributed by atoms with Crippen molar-refractivity contribution in [1.29, 1.82) is 0 Å². The lowest BCUT2D eigenvalue weighted by molar-refractivity contribution is -0.141. The molecule has 8 heteroatoms. The van der Waals surface area contributed by atoms with Gasteiger partial charge in [-0.2, -0.15) is 5.10 Å². The predicted molar refractivity (Wildman–Crippen MR) is 103 cm³/mol. The van der Waals surface area contributed by atoms with Crippen molar-refractivity contribution in [3.05, 3.63) is 42.9 Å². The lowest BCUT2D eigenvalue weighted by atomic mass is 10.0. The number of carbonyl (C=O) groups excluding carboxylic acids is 1. The topological polar surface area (TPSA) is 85.2 Å². The highest BCUT2D eigenvalue weighted by atomic mass is 16.5. The molecule has 1 N–H and O–H groups in total. The Morgan fingerprint density at radius 3 is 2.96 bits per heavy atom. The van der Waals surface area contributed by atoms with E-state index in [1.165, 1.54) is 13.4 Å². The summed E-state index contributed by atoms with van der Waals surface area (Å²) < 4.78 is 6.28. The molecule has 140 valence electrons. The molecule has 3 heterocycles. The van der Waals surface area contributed by atoms with Crippen molar-refractivity contribution in [3.63, 3.8) is 0 Å². The molecular weight excluding hydrogens is 344 g/mol. The Bertz CT molecular complexity index is 926. The van der Waals surface area contributed by atoms with Crippen LogP contribution < -0.4 is 10.2 Å². The largest absolute Gasteiger partial charge is 0.468 e. The van der Waals surface area contributed by atoms with Gasteiger partial charge in [0.15, 0.2) is 5.65 Å². The molecule has 1 fully saturated rings. The minimum atomic E-state index is -0.356. The van der Waals surface area contributed by atoms with Gasteiger partial charge < -0.3 is 15.0 Å². The number of esters is 1. The van der Waals surface area contributed by atoms with Gasteiger partial charge in [-0.1, -0.05) is 18.2 Å². The number of nitrogens with one attached hydrogen (secondary N) is 1. The molecule has 1 atom stereocenters. The second-order valence-electron chi connectivity index (χ2n) is 6.61. The standard InChI is InChI=1S/C19H22N6O2/c1-27-17(26)12-25-19-16(10-22-25)18(20-13-21-19)24-9-5-8-15(11-24)23-14-6-3-2-4-7-14/h2-4,6-7,10,13,15,23H,5,8-9,11-12H2,1H3. The summed E-state index contributed by atoms with van der Waals surface area (Å²) in [4.78, 5) is 22.7. The number of piperidine rings is 1. The van der Waals surface area contributed by atoms with Crippen molar-refractivity contribution in [2.75, 3.05) is 30.4 Å². The molecule has 0 spiro atoms. The number of carbonyl (C=O) groups is 1. The molecule has 1 aliphatic rings. The van der Waals surface area contributed by atoms with E-state index in [2.05, 4.69) is 37.4 Å². The van der Waals surface area contributed by atoms with Crippen molar-refractivity contribution in [3.8, 4) is 0 Å². The van der Waals surface area contributed by atoms with Crippen LogP contribution in [0.2, 0.25) is 0 Å². The van der Waals surface area contributed by atoms with Gasteiger partial charge in [0.05, 0.1) is 18.7 Å². The minimum absolute atomic E-state index is 0.0364. The van der Waals surface area contributed by atoms with E-state index in [0.717, 1.165) is 42.8 Å². The van der Waals surface area contributed by atoms with Crippen LogP contribution in [-0.4, -0.2) is 52.0 Å². The van der Waals surface area contributed by atoms with E-state index < -0.39 is 0 Å². The first kappa shape index (κ1) is 17.3. The van der Waals surface area contributed by atoms with Gasteiger partial charge in [0.1, 0.15) is 18.7 Å². The van der Waals surface area contributed by atoms with Crippen LogP contribution in [0.1, 0.15) is 12.8 Å². The highest BCUT2D eigenvalue weighted by molar-refractivity contribution is 5.87. The van der Waals surface area contributed by atoms with Crippen molar-refractivity contribution in [2.45, 2.75) is 25.4 Å². The van der Waals surface area contributed by atoms with Crippen LogP contribution in [0.4, 0.5) is 11.5 Å². The molecule has 1 unspecified atom stereocenters. The van der Waals surface area contributed by atoms with Gasteiger partial charge in [-0.15, -0.1) is 0 Å². The number of hydrogen-bond acceptors (Lipinski definition) is 7. The molecule has 3 aromatic rings. The number of hydrogen-bond donors (Lipinski definition) is 1. The smallest absolute Gasteiger partial charge is 0.327 e. The van der Waals surface area contributed by atoms with E-state index in [-0.39, 0.29) is 12.5 Å². The van der Waals surface area contributed by atoms with Crippen LogP contribution in [-0.2, 0) is 16.1 Å². The maximum Gasteiger partial charge on any atom is 0.327 e. The van der Waals surface area contributed by atoms with E-state index in [9.17, 15) is 4.79 Å². The Balaban J connectivity index is 1.55. The molecule has 0 radical (unpaired) electrons. The van der Waals surface area contributed by atoms with Gasteiger partial charge in [-0.05, 0) is 25.0 Å². The van der Waals surface area contributed by atoms with E-state index in [0.29, 0.717) is 11.7 Å². The Morgan fingerprint density at radius 1 is 1.30 bits per heavy atom. The average Bonchev–Trinajstić information content (AvgIpc) is 3.12. The van der Waals surface area contributed by atoms with Crippen LogP contribution in [0.25, 0.3) is 11.0 Å². The Kier molecular flexibility index (Phi) is 4.86. The zero-order valence-corrected chi connectivity index (χ0v) is 15.2. The third-order valence-electron chi connectivity index (χ3n) is 4.78. The average molecular weight is 366 g/mol. The monoisotopic (exact) mass is 366 g/mol. The second kappa shape index (κ2) is 7.61. The predicted octanol–water partition coefficient (Wildman–Crippen LogP) is 2.08. The Labute approximate surface area is 157 Å². The third-order valence-corrected chi connectivity index (χ3v) is 4.78. The number of benzene rings is 1. The fourth-order valence-electron chi connectivity index (χ4n) is 3.49. The lowest BCUT2D eigenvalue weighted by Gasteiger charge is -2.34. The molecule has 1 aliphatic heterocycles. The molecule has 0 aliphatic carbocycles. The quantitative estimate of drug-likeness (QED) is 0.692. The van der Waals surface area contributed by atoms with Crippen molar-refractivity contribution in [2.24, 2.45) is 0 Å². The zero-order valence-electron chi connectivity index (χ0n) is 15.2. The molecule has 2 aromatic heterocycles. The SMILES string of the molecule is COC(=O)Cn1ncc2c(N3CCCC(Nc4ccccc4)C3)ncnc21. The lowest BCUT2D eigenvalue weighted by Crippen LogP contribution is -2.42. The first-order chi connectivity index (χ1) is 13.2. The number of aromatic nitrogens is 4. The number of fused-ring (bicyclic) bond motifs is 1. The fourth-order valence-corrected chi connectivity index (χ4v) is 3.49. The summed E-state index contributed by atoms with van der Waals surface area (Å²) in [6.45, 7) is 1.82. The molecule has 1 aromatic carbocycles. The Hall–Kier alpha value is -3.16. The molecular formula is C19H22N6O2. The molecule has 8 nitrogen and oxygen atoms in total. The van der Waals surface area contributed by atoms with Gasteiger partial charge in [0.25, 0.3) is 0 Å². The van der Waals surface area contributed by atoms with Gasteiger partial charge >= 0.3 is 5.97 Å². The molecule has 0 bridgehead atoms. The minimum Gasteiger partial charge on any atom is -0.468 e. The number of rotatable bonds is 5. The first-order valence-corrected chi connectivity index (χ1v) is 9.04. The molecule has 4 rings (SSSR count). The molecule has 1 saturated heterocycles. The van der Waals surface area contributed by atoms with Gasteiger partial charge in [-0.25, -0.2) is 14.6 Å². The number of anilines is 2. The third kappa shape index (κ3) is 3.69. The van der Waals surface area contributed by atoms with Gasteiger partial charge in [-0.3, -0.25) is 4.79 Å². The molecule has 0 saturated carbocycles. The number of ether oxygens (including phenoxy) is 1. The van der Waals surface area contributed by atoms with Gasteiger partial charge in [0, 0.05) is 24.8 Å². The number of para-hydroxylation sites is 1. The van der Waals surface area contributed by atoms with E-state index in [1.807, 2.05) is 18.2 Å². The summed E-state index contributed by atoms with van der Waals surface area (Å²) >= 11 is 0. The summed E-state index contributed by atoms with van der Waals surface area (Å²) in [5.41, 5.74) is 1.77. The van der Waals surface area contributed by atoms with Gasteiger partial charge in [0.2, 0.25) is 0 Å². The summed E-state index contributed by atoms with van der Waals surface area (Å²) in [7, 11) is 1.36. The first-order valence-electron chi connectivity index (χ1n) is 9.04. The van der Waals surface area contributed by atoms with E-state index in [4.69, 9.17) is 4.74 Å². The molecule has 27 heavy (non-hydrogen) atoms. The van der Waals surface area contributed by atoms with Crippen molar-refractivity contribution in [1.82, 2.24) is 19.7 Å². The van der Waals surface area contributed by atoms with Crippen molar-refractivity contribution >= 4 is 28.5 Å². The van der Waals surface area contributed by atoms with Crippen LogP contribution in [0.15, 0.2) is 42.9 Å². The van der Waals surface area contributed by atoms with Crippen LogP contribution in [0.3, 0.4) is 0 Å². The maximum absolute atomic E-state index is 11.6. The number of nitrogens with zero attached hydrogens (tertiary/aromatic N) is 5. The normalized spacial score (nSPS) is 17.1. The Morgan fingerprint density at radius 2 is 2.15 bits per heavy atom. The highest BCUT2D eigenvalue weighted by Gasteiger charge is 2.23. The highest BCUT2D eigenvalue weighted by Crippen LogP contribution is 2.26. The van der Waals surface area contributed by atoms with E-state index >= 15 is 0 Å². The number of methoxy groups -OCH3 is 1. The zero-order chi connectivity index (χ0) is 18.6. The maximum atomic E-state index is 11.6. The fraction of sp³-hybridized carbons (Fsp3) is 0.368.